The van der Waals surface area contributed by atoms with Crippen molar-refractivity contribution in [1.82, 2.24) is 9.62 Å². The highest BCUT2D eigenvalue weighted by molar-refractivity contribution is 7.89. The van der Waals surface area contributed by atoms with E-state index in [2.05, 4.69) is 0 Å². The first kappa shape index (κ1) is 15.4. The Labute approximate surface area is 123 Å². The number of benzene rings is 1. The number of sulfonamides is 1. The van der Waals surface area contributed by atoms with E-state index >= 15 is 0 Å². The number of non-ortho nitro benzene ring substituents is 1. The van der Waals surface area contributed by atoms with E-state index in [9.17, 15) is 28.1 Å². The number of imide groups is 1. The zero-order valence-electron chi connectivity index (χ0n) is 10.3. The first-order chi connectivity index (χ1) is 9.71. The second-order valence-electron chi connectivity index (χ2n) is 4.12. The van der Waals surface area contributed by atoms with Crippen LogP contribution in [0.2, 0.25) is 5.02 Å². The van der Waals surface area contributed by atoms with E-state index in [1.54, 1.807) is 0 Å². The lowest BCUT2D eigenvalue weighted by Gasteiger charge is -2.25. The van der Waals surface area contributed by atoms with E-state index in [0.29, 0.717) is 4.31 Å². The lowest BCUT2D eigenvalue weighted by molar-refractivity contribution is -0.384. The normalized spacial score (nSPS) is 16.6. The van der Waals surface area contributed by atoms with Crippen LogP contribution in [0.3, 0.4) is 0 Å². The average Bonchev–Trinajstić information content (AvgIpc) is 2.36. The van der Waals surface area contributed by atoms with E-state index in [1.165, 1.54) is 0 Å². The van der Waals surface area contributed by atoms with E-state index in [1.807, 2.05) is 5.32 Å². The summed E-state index contributed by atoms with van der Waals surface area (Å²) in [5.41, 5.74) is -0.369. The quantitative estimate of drug-likeness (QED) is 0.467. The number of nitrogens with zero attached hydrogens (tertiary/aromatic N) is 2. The molecule has 0 saturated carbocycles. The van der Waals surface area contributed by atoms with Crippen molar-refractivity contribution < 1.29 is 22.9 Å². The number of nitrogens with one attached hydrogen (secondary N) is 1. The fraction of sp³-hybridized carbons (Fsp3) is 0.200. The lowest BCUT2D eigenvalue weighted by atomic mass is 10.3. The van der Waals surface area contributed by atoms with Gasteiger partial charge in [0.2, 0.25) is 21.8 Å². The van der Waals surface area contributed by atoms with Crippen molar-refractivity contribution in [3.05, 3.63) is 33.3 Å². The van der Waals surface area contributed by atoms with Crippen LogP contribution < -0.4 is 5.32 Å². The standard InChI is InChI=1S/C10H8ClN3O6S/c11-7-3-6(14(17)18)1-2-8(7)21(19,20)13-4-9(15)12-10(16)5-13/h1-3H,4-5H2,(H,12,15,16). The molecule has 112 valence electrons. The van der Waals surface area contributed by atoms with Crippen molar-refractivity contribution >= 4 is 39.1 Å². The molecule has 1 aliphatic rings. The van der Waals surface area contributed by atoms with Crippen molar-refractivity contribution in [3.63, 3.8) is 0 Å². The zero-order chi connectivity index (χ0) is 15.8. The summed E-state index contributed by atoms with van der Waals surface area (Å²) in [5, 5.41) is 12.2. The van der Waals surface area contributed by atoms with Gasteiger partial charge in [0.1, 0.15) is 4.90 Å². The first-order valence-electron chi connectivity index (χ1n) is 5.48. The van der Waals surface area contributed by atoms with Gasteiger partial charge in [0.25, 0.3) is 5.69 Å². The third kappa shape index (κ3) is 3.01. The third-order valence-corrected chi connectivity index (χ3v) is 4.94. The molecule has 0 aromatic heterocycles. The summed E-state index contributed by atoms with van der Waals surface area (Å²) in [6.07, 6.45) is 0. The second kappa shape index (κ2) is 5.39. The number of rotatable bonds is 3. The van der Waals surface area contributed by atoms with E-state index in [4.69, 9.17) is 11.6 Å². The minimum absolute atomic E-state index is 0.359. The van der Waals surface area contributed by atoms with Crippen LogP contribution in [-0.2, 0) is 19.6 Å². The predicted octanol–water partition coefficient (Wildman–Crippen LogP) is -0.105. The number of hydrogen-bond acceptors (Lipinski definition) is 6. The Morgan fingerprint density at radius 2 is 1.81 bits per heavy atom. The molecule has 21 heavy (non-hydrogen) atoms. The van der Waals surface area contributed by atoms with Gasteiger partial charge in [-0.1, -0.05) is 11.6 Å². The molecule has 1 aliphatic heterocycles. The van der Waals surface area contributed by atoms with Gasteiger partial charge in [-0.25, -0.2) is 8.42 Å². The fourth-order valence-corrected chi connectivity index (χ4v) is 3.60. The molecular formula is C10H8ClN3O6S. The van der Waals surface area contributed by atoms with Gasteiger partial charge in [0, 0.05) is 12.1 Å². The maximum absolute atomic E-state index is 12.3. The number of hydrogen-bond donors (Lipinski definition) is 1. The number of amides is 2. The van der Waals surface area contributed by atoms with E-state index < -0.39 is 44.7 Å². The smallest absolute Gasteiger partial charge is 0.271 e. The summed E-state index contributed by atoms with van der Waals surface area (Å²) >= 11 is 5.75. The molecule has 1 N–H and O–H groups in total. The molecule has 1 aromatic rings. The Balaban J connectivity index is 2.42. The van der Waals surface area contributed by atoms with Crippen molar-refractivity contribution in [2.45, 2.75) is 4.90 Å². The monoisotopic (exact) mass is 333 g/mol. The third-order valence-electron chi connectivity index (χ3n) is 2.66. The van der Waals surface area contributed by atoms with Crippen LogP contribution in [0.25, 0.3) is 0 Å². The number of carbonyl (C=O) groups is 2. The molecule has 0 unspecified atom stereocenters. The van der Waals surface area contributed by atoms with Crippen LogP contribution in [0.4, 0.5) is 5.69 Å². The Morgan fingerprint density at radius 1 is 1.24 bits per heavy atom. The largest absolute Gasteiger partial charge is 0.294 e. The predicted molar refractivity (Wildman–Crippen MR) is 70.0 cm³/mol. The molecule has 0 bridgehead atoms. The number of nitro benzene ring substituents is 1. The molecule has 0 radical (unpaired) electrons. The molecule has 9 nitrogen and oxygen atoms in total. The lowest BCUT2D eigenvalue weighted by Crippen LogP contribution is -2.53. The van der Waals surface area contributed by atoms with Crippen LogP contribution in [0.5, 0.6) is 0 Å². The summed E-state index contributed by atoms with van der Waals surface area (Å²) in [6.45, 7) is -1.05. The highest BCUT2D eigenvalue weighted by atomic mass is 35.5. The van der Waals surface area contributed by atoms with Gasteiger partial charge in [-0.15, -0.1) is 0 Å². The van der Waals surface area contributed by atoms with E-state index in [-0.39, 0.29) is 10.7 Å². The maximum atomic E-state index is 12.3. The van der Waals surface area contributed by atoms with Gasteiger partial charge >= 0.3 is 0 Å². The molecule has 1 heterocycles. The zero-order valence-corrected chi connectivity index (χ0v) is 11.8. The number of nitro groups is 1. The minimum atomic E-state index is -4.20. The van der Waals surface area contributed by atoms with Crippen molar-refractivity contribution in [2.24, 2.45) is 0 Å². The minimum Gasteiger partial charge on any atom is -0.294 e. The molecule has 0 atom stereocenters. The van der Waals surface area contributed by atoms with Crippen LogP contribution >= 0.6 is 11.6 Å². The Hall–Kier alpha value is -2.04. The van der Waals surface area contributed by atoms with Crippen LogP contribution in [0.1, 0.15) is 0 Å². The molecule has 0 aliphatic carbocycles. The van der Waals surface area contributed by atoms with Crippen molar-refractivity contribution in [3.8, 4) is 0 Å². The van der Waals surface area contributed by atoms with Gasteiger partial charge < -0.3 is 0 Å². The summed E-state index contributed by atoms with van der Waals surface area (Å²) in [5.74, 6) is -1.51. The van der Waals surface area contributed by atoms with Gasteiger partial charge in [-0.3, -0.25) is 25.0 Å². The van der Waals surface area contributed by atoms with Crippen LogP contribution in [0, 0.1) is 10.1 Å². The van der Waals surface area contributed by atoms with Gasteiger partial charge in [-0.05, 0) is 6.07 Å². The van der Waals surface area contributed by atoms with E-state index in [0.717, 1.165) is 18.2 Å². The van der Waals surface area contributed by atoms with Gasteiger partial charge in [0.15, 0.2) is 0 Å². The highest BCUT2D eigenvalue weighted by Gasteiger charge is 2.34. The molecule has 0 spiro atoms. The van der Waals surface area contributed by atoms with Gasteiger partial charge in [0.05, 0.1) is 23.0 Å². The second-order valence-corrected chi connectivity index (χ2v) is 6.43. The van der Waals surface area contributed by atoms with Crippen molar-refractivity contribution in [1.29, 1.82) is 0 Å². The molecule has 2 amide bonds. The molecular weight excluding hydrogens is 326 g/mol. The number of carbonyl (C=O) groups excluding carboxylic acids is 2. The molecule has 2 rings (SSSR count). The molecule has 11 heteroatoms. The molecule has 1 aromatic carbocycles. The molecule has 1 saturated heterocycles. The fourth-order valence-electron chi connectivity index (χ4n) is 1.73. The maximum Gasteiger partial charge on any atom is 0.271 e. The summed E-state index contributed by atoms with van der Waals surface area (Å²) < 4.78 is 25.3. The molecule has 1 fully saturated rings. The average molecular weight is 334 g/mol. The number of piperazine rings is 1. The summed E-state index contributed by atoms with van der Waals surface area (Å²) in [7, 11) is -4.20. The van der Waals surface area contributed by atoms with Gasteiger partial charge in [-0.2, -0.15) is 4.31 Å². The highest BCUT2D eigenvalue weighted by Crippen LogP contribution is 2.28. The summed E-state index contributed by atoms with van der Waals surface area (Å²) in [6, 6.07) is 2.83. The Bertz CT molecular complexity index is 731. The number of halogens is 1. The topological polar surface area (TPSA) is 127 Å². The first-order valence-corrected chi connectivity index (χ1v) is 7.30. The van der Waals surface area contributed by atoms with Crippen LogP contribution in [0.15, 0.2) is 23.1 Å². The Kier molecular flexibility index (Phi) is 3.94. The SMILES string of the molecule is O=C1CN(S(=O)(=O)c2ccc([N+](=O)[O-])cc2Cl)CC(=O)N1. The summed E-state index contributed by atoms with van der Waals surface area (Å²) in [4.78, 5) is 31.9. The van der Waals surface area contributed by atoms with Crippen molar-refractivity contribution in [2.75, 3.05) is 13.1 Å². The Morgan fingerprint density at radius 3 is 2.29 bits per heavy atom. The van der Waals surface area contributed by atoms with Crippen LogP contribution in [-0.4, -0.2) is 42.6 Å².